The summed E-state index contributed by atoms with van der Waals surface area (Å²) in [6.07, 6.45) is 7.02. The van der Waals surface area contributed by atoms with Crippen LogP contribution in [0.15, 0.2) is 23.2 Å². The Morgan fingerprint density at radius 3 is 3.13 bits per heavy atom. The van der Waals surface area contributed by atoms with Crippen molar-refractivity contribution in [1.82, 2.24) is 9.55 Å². The zero-order chi connectivity index (χ0) is 10.1. The molecule has 0 spiro atoms. The molecule has 0 saturated carbocycles. The smallest absolute Gasteiger partial charge is 0.0954 e. The molecule has 2 nitrogen and oxygen atoms in total. The van der Waals surface area contributed by atoms with Gasteiger partial charge < -0.3 is 4.57 Å². The average molecular weight is 218 g/mol. The Bertz CT molecular complexity index is 442. The number of imidazole rings is 1. The monoisotopic (exact) mass is 218 g/mol. The number of rotatable bonds is 2. The second-order valence-electron chi connectivity index (χ2n) is 4.10. The Kier molecular flexibility index (Phi) is 2.33. The van der Waals surface area contributed by atoms with Gasteiger partial charge in [0.1, 0.15) is 0 Å². The summed E-state index contributed by atoms with van der Waals surface area (Å²) in [5, 5.41) is 4.36. The number of hydrogen-bond donors (Lipinski definition) is 0. The molecule has 2 aromatic heterocycles. The average Bonchev–Trinajstić information content (AvgIpc) is 2.89. The fraction of sp³-hybridized carbons (Fsp3) is 0.417. The molecule has 3 rings (SSSR count). The number of aromatic nitrogens is 2. The molecule has 0 N–H and O–H groups in total. The molecule has 78 valence electrons. The predicted octanol–water partition coefficient (Wildman–Crippen LogP) is 2.87. The first-order chi connectivity index (χ1) is 7.43. The fourth-order valence-corrected chi connectivity index (χ4v) is 2.91. The van der Waals surface area contributed by atoms with E-state index in [2.05, 4.69) is 26.4 Å². The molecule has 0 fully saturated rings. The summed E-state index contributed by atoms with van der Waals surface area (Å²) in [4.78, 5) is 4.50. The Morgan fingerprint density at radius 2 is 2.27 bits per heavy atom. The molecule has 1 aliphatic carbocycles. The van der Waals surface area contributed by atoms with Crippen LogP contribution in [0, 0.1) is 0 Å². The normalized spacial score (nSPS) is 15.2. The van der Waals surface area contributed by atoms with Crippen LogP contribution in [0.3, 0.4) is 0 Å². The third-order valence-corrected chi connectivity index (χ3v) is 3.77. The zero-order valence-corrected chi connectivity index (χ0v) is 9.46. The fourth-order valence-electron chi connectivity index (χ4n) is 2.25. The van der Waals surface area contributed by atoms with Crippen LogP contribution in [0.1, 0.15) is 29.8 Å². The van der Waals surface area contributed by atoms with Gasteiger partial charge in [0.25, 0.3) is 0 Å². The standard InChI is InChI=1S/C12H14N2S/c1-2-4-12-11(3-1)13-9-14(12)7-10-5-6-15-8-10/h5-6,8-9H,1-4,7H2. The first-order valence-electron chi connectivity index (χ1n) is 5.47. The summed E-state index contributed by atoms with van der Waals surface area (Å²) >= 11 is 1.77. The molecule has 2 aromatic rings. The van der Waals surface area contributed by atoms with E-state index in [9.17, 15) is 0 Å². The highest BCUT2D eigenvalue weighted by Gasteiger charge is 2.14. The predicted molar refractivity (Wildman–Crippen MR) is 62.3 cm³/mol. The maximum Gasteiger partial charge on any atom is 0.0954 e. The van der Waals surface area contributed by atoms with Gasteiger partial charge in [-0.2, -0.15) is 11.3 Å². The lowest BCUT2D eigenvalue weighted by Gasteiger charge is -2.13. The lowest BCUT2D eigenvalue weighted by atomic mass is 10.0. The Balaban J connectivity index is 1.89. The van der Waals surface area contributed by atoms with Gasteiger partial charge in [-0.1, -0.05) is 0 Å². The second kappa shape index (κ2) is 3.81. The van der Waals surface area contributed by atoms with Crippen LogP contribution in [-0.4, -0.2) is 9.55 Å². The van der Waals surface area contributed by atoms with Crippen LogP contribution in [0.25, 0.3) is 0 Å². The van der Waals surface area contributed by atoms with E-state index >= 15 is 0 Å². The topological polar surface area (TPSA) is 17.8 Å². The number of thiophene rings is 1. The molecule has 0 unspecified atom stereocenters. The minimum atomic E-state index is 0.992. The Hall–Kier alpha value is -1.09. The minimum absolute atomic E-state index is 0.992. The minimum Gasteiger partial charge on any atom is -0.330 e. The van der Waals surface area contributed by atoms with Gasteiger partial charge >= 0.3 is 0 Å². The maximum atomic E-state index is 4.50. The lowest BCUT2D eigenvalue weighted by molar-refractivity contribution is 0.629. The number of aryl methyl sites for hydroxylation is 1. The molecular weight excluding hydrogens is 204 g/mol. The van der Waals surface area contributed by atoms with Crippen molar-refractivity contribution in [2.45, 2.75) is 32.2 Å². The van der Waals surface area contributed by atoms with Gasteiger partial charge in [-0.15, -0.1) is 0 Å². The third-order valence-electron chi connectivity index (χ3n) is 3.04. The molecule has 0 radical (unpaired) electrons. The van der Waals surface area contributed by atoms with E-state index in [1.54, 1.807) is 11.3 Å². The van der Waals surface area contributed by atoms with E-state index < -0.39 is 0 Å². The number of nitrogens with zero attached hydrogens (tertiary/aromatic N) is 2. The van der Waals surface area contributed by atoms with E-state index in [4.69, 9.17) is 0 Å². The number of fused-ring (bicyclic) bond motifs is 1. The highest BCUT2D eigenvalue weighted by Crippen LogP contribution is 2.21. The van der Waals surface area contributed by atoms with Crippen LogP contribution in [0.5, 0.6) is 0 Å². The third kappa shape index (κ3) is 1.72. The zero-order valence-electron chi connectivity index (χ0n) is 8.65. The molecule has 15 heavy (non-hydrogen) atoms. The van der Waals surface area contributed by atoms with Crippen molar-refractivity contribution in [3.05, 3.63) is 40.1 Å². The van der Waals surface area contributed by atoms with Crippen LogP contribution in [0.2, 0.25) is 0 Å². The van der Waals surface area contributed by atoms with Gasteiger partial charge in [0.2, 0.25) is 0 Å². The van der Waals surface area contributed by atoms with Gasteiger partial charge in [0.05, 0.1) is 12.0 Å². The van der Waals surface area contributed by atoms with Crippen molar-refractivity contribution >= 4 is 11.3 Å². The van der Waals surface area contributed by atoms with Crippen molar-refractivity contribution in [1.29, 1.82) is 0 Å². The van der Waals surface area contributed by atoms with E-state index in [1.807, 2.05) is 6.33 Å². The van der Waals surface area contributed by atoms with E-state index in [-0.39, 0.29) is 0 Å². The van der Waals surface area contributed by atoms with Crippen molar-refractivity contribution in [3.8, 4) is 0 Å². The summed E-state index contributed by atoms with van der Waals surface area (Å²) in [5.41, 5.74) is 4.19. The van der Waals surface area contributed by atoms with Gasteiger partial charge in [-0.05, 0) is 48.1 Å². The van der Waals surface area contributed by atoms with Gasteiger partial charge in [0, 0.05) is 12.2 Å². The molecule has 0 saturated heterocycles. The molecule has 0 bridgehead atoms. The molecular formula is C12H14N2S. The molecule has 0 aromatic carbocycles. The highest BCUT2D eigenvalue weighted by atomic mass is 32.1. The summed E-state index contributed by atoms with van der Waals surface area (Å²) in [6.45, 7) is 0.992. The SMILES string of the molecule is c1cc(Cn2cnc3c2CCCC3)cs1. The molecule has 2 heterocycles. The van der Waals surface area contributed by atoms with Crippen molar-refractivity contribution in [2.75, 3.05) is 0 Å². The van der Waals surface area contributed by atoms with Gasteiger partial charge in [0.15, 0.2) is 0 Å². The number of hydrogen-bond acceptors (Lipinski definition) is 2. The molecule has 1 aliphatic rings. The van der Waals surface area contributed by atoms with Crippen LogP contribution < -0.4 is 0 Å². The van der Waals surface area contributed by atoms with E-state index in [1.165, 1.54) is 42.6 Å². The van der Waals surface area contributed by atoms with Gasteiger partial charge in [-0.3, -0.25) is 0 Å². The molecule has 3 heteroatoms. The highest BCUT2D eigenvalue weighted by molar-refractivity contribution is 7.07. The first-order valence-corrected chi connectivity index (χ1v) is 6.42. The first kappa shape index (κ1) is 9.16. The largest absolute Gasteiger partial charge is 0.330 e. The molecule has 0 aliphatic heterocycles. The lowest BCUT2D eigenvalue weighted by Crippen LogP contribution is -2.08. The Labute approximate surface area is 93.6 Å². The van der Waals surface area contributed by atoms with E-state index in [0.717, 1.165) is 6.54 Å². The summed E-state index contributed by atoms with van der Waals surface area (Å²) in [7, 11) is 0. The Morgan fingerprint density at radius 1 is 1.33 bits per heavy atom. The van der Waals surface area contributed by atoms with Crippen LogP contribution >= 0.6 is 11.3 Å². The van der Waals surface area contributed by atoms with Crippen LogP contribution in [0.4, 0.5) is 0 Å². The summed E-state index contributed by atoms with van der Waals surface area (Å²) in [6, 6.07) is 2.19. The quantitative estimate of drug-likeness (QED) is 0.758. The van der Waals surface area contributed by atoms with E-state index in [0.29, 0.717) is 0 Å². The second-order valence-corrected chi connectivity index (χ2v) is 4.88. The van der Waals surface area contributed by atoms with Gasteiger partial charge in [-0.25, -0.2) is 4.98 Å². The van der Waals surface area contributed by atoms with Crippen molar-refractivity contribution in [2.24, 2.45) is 0 Å². The molecule has 0 atom stereocenters. The summed E-state index contributed by atoms with van der Waals surface area (Å²) < 4.78 is 2.32. The van der Waals surface area contributed by atoms with Crippen LogP contribution in [-0.2, 0) is 19.4 Å². The molecule has 0 amide bonds. The maximum absolute atomic E-state index is 4.50. The summed E-state index contributed by atoms with van der Waals surface area (Å²) in [5.74, 6) is 0. The van der Waals surface area contributed by atoms with Crippen molar-refractivity contribution in [3.63, 3.8) is 0 Å². The van der Waals surface area contributed by atoms with Crippen molar-refractivity contribution < 1.29 is 0 Å².